The smallest absolute Gasteiger partial charge is 0.211 e. The quantitative estimate of drug-likeness (QED) is 0.726. The first kappa shape index (κ1) is 7.20. The van der Waals surface area contributed by atoms with Gasteiger partial charge in [0, 0.05) is 17.5 Å². The van der Waals surface area contributed by atoms with Crippen LogP contribution in [0.2, 0.25) is 0 Å². The van der Waals surface area contributed by atoms with Crippen molar-refractivity contribution in [3.63, 3.8) is 0 Å². The maximum Gasteiger partial charge on any atom is 0.211 e. The van der Waals surface area contributed by atoms with Crippen molar-refractivity contribution in [2.75, 3.05) is 0 Å². The van der Waals surface area contributed by atoms with E-state index in [-0.39, 0.29) is 0 Å². The highest BCUT2D eigenvalue weighted by Gasteiger charge is 2.26. The Hall–Kier alpha value is -1.23. The Morgan fingerprint density at radius 3 is 3.08 bits per heavy atom. The second-order valence-corrected chi connectivity index (χ2v) is 4.05. The van der Waals surface area contributed by atoms with Gasteiger partial charge in [-0.3, -0.25) is 0 Å². The van der Waals surface area contributed by atoms with Gasteiger partial charge in [0.15, 0.2) is 0 Å². The van der Waals surface area contributed by atoms with E-state index >= 15 is 0 Å². The van der Waals surface area contributed by atoms with Crippen molar-refractivity contribution in [3.05, 3.63) is 23.5 Å². The van der Waals surface area contributed by atoms with Gasteiger partial charge in [0.1, 0.15) is 0 Å². The summed E-state index contributed by atoms with van der Waals surface area (Å²) in [7, 11) is 0. The molecule has 0 aliphatic heterocycles. The van der Waals surface area contributed by atoms with Gasteiger partial charge in [-0.1, -0.05) is 5.21 Å². The maximum absolute atomic E-state index is 4.16. The van der Waals surface area contributed by atoms with Crippen LogP contribution in [0, 0.1) is 0 Å². The van der Waals surface area contributed by atoms with Gasteiger partial charge in [0.05, 0.1) is 11.9 Å². The predicted molar refractivity (Wildman–Crippen MR) is 49.0 cm³/mol. The molecule has 4 nitrogen and oxygen atoms in total. The summed E-state index contributed by atoms with van der Waals surface area (Å²) in [6, 6.07) is 0. The molecule has 0 unspecified atom stereocenters. The van der Waals surface area contributed by atoms with Gasteiger partial charge in [-0.15, -0.1) is 16.4 Å². The molecule has 2 heterocycles. The van der Waals surface area contributed by atoms with Crippen molar-refractivity contribution < 1.29 is 0 Å². The van der Waals surface area contributed by atoms with E-state index in [2.05, 4.69) is 15.3 Å². The minimum absolute atomic E-state index is 0.661. The Morgan fingerprint density at radius 1 is 1.46 bits per heavy atom. The number of hydrogen-bond acceptors (Lipinski definition) is 4. The average molecular weight is 192 g/mol. The standard InChI is InChI=1S/C8H8N4S/c1-2-6(1)7-5-12(11-10-7)8-9-3-4-13-8/h3-6H,1-2H2. The highest BCUT2D eigenvalue weighted by Crippen LogP contribution is 2.38. The van der Waals surface area contributed by atoms with Crippen molar-refractivity contribution in [1.82, 2.24) is 20.0 Å². The van der Waals surface area contributed by atoms with Gasteiger partial charge in [0.2, 0.25) is 5.13 Å². The van der Waals surface area contributed by atoms with Crippen LogP contribution >= 0.6 is 11.3 Å². The minimum atomic E-state index is 0.661. The van der Waals surface area contributed by atoms with Gasteiger partial charge in [0.25, 0.3) is 0 Å². The summed E-state index contributed by atoms with van der Waals surface area (Å²) in [6.07, 6.45) is 6.28. The van der Waals surface area contributed by atoms with E-state index in [1.165, 1.54) is 12.8 Å². The molecule has 0 spiro atoms. The molecule has 2 aromatic rings. The van der Waals surface area contributed by atoms with Crippen LogP contribution in [0.25, 0.3) is 5.13 Å². The topological polar surface area (TPSA) is 43.6 Å². The van der Waals surface area contributed by atoms with E-state index < -0.39 is 0 Å². The van der Waals surface area contributed by atoms with Gasteiger partial charge < -0.3 is 0 Å². The first-order valence-electron chi connectivity index (χ1n) is 4.25. The predicted octanol–water partition coefficient (Wildman–Crippen LogP) is 1.60. The fourth-order valence-electron chi connectivity index (χ4n) is 1.27. The van der Waals surface area contributed by atoms with Crippen molar-refractivity contribution in [2.45, 2.75) is 18.8 Å². The molecule has 0 N–H and O–H groups in total. The van der Waals surface area contributed by atoms with E-state index in [1.807, 2.05) is 11.6 Å². The fourth-order valence-corrected chi connectivity index (χ4v) is 1.83. The number of hydrogen-bond donors (Lipinski definition) is 0. The lowest BCUT2D eigenvalue weighted by Crippen LogP contribution is -1.92. The minimum Gasteiger partial charge on any atom is -0.227 e. The molecule has 2 aromatic heterocycles. The molecule has 5 heteroatoms. The van der Waals surface area contributed by atoms with Gasteiger partial charge in [-0.25, -0.2) is 4.98 Å². The second-order valence-electron chi connectivity index (χ2n) is 3.18. The molecule has 0 atom stereocenters. The number of aromatic nitrogens is 4. The molecule has 0 saturated heterocycles. The lowest BCUT2D eigenvalue weighted by Gasteiger charge is -1.89. The van der Waals surface area contributed by atoms with Gasteiger partial charge in [-0.05, 0) is 12.8 Å². The zero-order valence-electron chi connectivity index (χ0n) is 6.92. The van der Waals surface area contributed by atoms with E-state index in [1.54, 1.807) is 22.2 Å². The molecule has 0 bridgehead atoms. The largest absolute Gasteiger partial charge is 0.227 e. The third-order valence-electron chi connectivity index (χ3n) is 2.12. The molecule has 1 aliphatic rings. The molecule has 66 valence electrons. The molecular formula is C8H8N4S. The normalized spacial score (nSPS) is 16.3. The van der Waals surface area contributed by atoms with Crippen molar-refractivity contribution >= 4 is 11.3 Å². The Morgan fingerprint density at radius 2 is 2.38 bits per heavy atom. The summed E-state index contributed by atoms with van der Waals surface area (Å²) >= 11 is 1.57. The van der Waals surface area contributed by atoms with Crippen LogP contribution in [-0.4, -0.2) is 20.0 Å². The van der Waals surface area contributed by atoms with Crippen LogP contribution in [0.3, 0.4) is 0 Å². The molecule has 0 radical (unpaired) electrons. The maximum atomic E-state index is 4.16. The van der Waals surface area contributed by atoms with E-state index in [0.717, 1.165) is 10.8 Å². The average Bonchev–Trinajstić information content (AvgIpc) is 2.72. The first-order chi connectivity index (χ1) is 6.43. The summed E-state index contributed by atoms with van der Waals surface area (Å²) in [5.74, 6) is 0.661. The summed E-state index contributed by atoms with van der Waals surface area (Å²) in [4.78, 5) is 4.16. The van der Waals surface area contributed by atoms with E-state index in [4.69, 9.17) is 0 Å². The number of rotatable bonds is 2. The first-order valence-corrected chi connectivity index (χ1v) is 5.13. The number of nitrogens with zero attached hydrogens (tertiary/aromatic N) is 4. The molecule has 1 saturated carbocycles. The second kappa shape index (κ2) is 2.63. The Balaban J connectivity index is 1.97. The molecular weight excluding hydrogens is 184 g/mol. The van der Waals surface area contributed by atoms with Crippen molar-refractivity contribution in [2.24, 2.45) is 0 Å². The van der Waals surface area contributed by atoms with Gasteiger partial charge in [-0.2, -0.15) is 4.68 Å². The fraction of sp³-hybridized carbons (Fsp3) is 0.375. The molecule has 1 aliphatic carbocycles. The zero-order valence-corrected chi connectivity index (χ0v) is 7.74. The molecule has 0 aromatic carbocycles. The molecule has 0 amide bonds. The van der Waals surface area contributed by atoms with E-state index in [9.17, 15) is 0 Å². The lowest BCUT2D eigenvalue weighted by atomic mass is 10.3. The SMILES string of the molecule is c1csc(-n2cc(C3CC3)nn2)n1. The van der Waals surface area contributed by atoms with Crippen molar-refractivity contribution in [1.29, 1.82) is 0 Å². The molecule has 13 heavy (non-hydrogen) atoms. The Kier molecular flexibility index (Phi) is 1.46. The summed E-state index contributed by atoms with van der Waals surface area (Å²) in [5, 5.41) is 11.0. The zero-order chi connectivity index (χ0) is 8.67. The summed E-state index contributed by atoms with van der Waals surface area (Å²) in [5.41, 5.74) is 1.11. The Labute approximate surface area is 79.2 Å². The molecule has 3 rings (SSSR count). The van der Waals surface area contributed by atoms with Gasteiger partial charge >= 0.3 is 0 Å². The third-order valence-corrected chi connectivity index (χ3v) is 2.88. The third kappa shape index (κ3) is 1.25. The highest BCUT2D eigenvalue weighted by molar-refractivity contribution is 7.12. The highest BCUT2D eigenvalue weighted by atomic mass is 32.1. The van der Waals surface area contributed by atoms with Crippen LogP contribution in [0.15, 0.2) is 17.8 Å². The lowest BCUT2D eigenvalue weighted by molar-refractivity contribution is 0.791. The number of thiazole rings is 1. The van der Waals surface area contributed by atoms with Crippen molar-refractivity contribution in [3.8, 4) is 5.13 Å². The van der Waals surface area contributed by atoms with Crippen LogP contribution in [0.5, 0.6) is 0 Å². The summed E-state index contributed by atoms with van der Waals surface area (Å²) in [6.45, 7) is 0. The Bertz CT molecular complexity index is 401. The monoisotopic (exact) mass is 192 g/mol. The van der Waals surface area contributed by atoms with E-state index in [0.29, 0.717) is 5.92 Å². The van der Waals surface area contributed by atoms with Crippen LogP contribution < -0.4 is 0 Å². The van der Waals surface area contributed by atoms with Crippen LogP contribution in [0.4, 0.5) is 0 Å². The summed E-state index contributed by atoms with van der Waals surface area (Å²) < 4.78 is 1.75. The van der Waals surface area contributed by atoms with Crippen LogP contribution in [0.1, 0.15) is 24.5 Å². The van der Waals surface area contributed by atoms with Crippen LogP contribution in [-0.2, 0) is 0 Å². The molecule has 1 fully saturated rings.